The van der Waals surface area contributed by atoms with Crippen LogP contribution in [0.2, 0.25) is 0 Å². The average molecular weight is 316 g/mol. The maximum absolute atomic E-state index is 12.2. The number of fused-ring (bicyclic) bond motifs is 1. The number of nitrogens with zero attached hydrogens (tertiary/aromatic N) is 1. The molecule has 0 radical (unpaired) electrons. The van der Waals surface area contributed by atoms with E-state index < -0.39 is 12.1 Å². The van der Waals surface area contributed by atoms with E-state index in [1.165, 1.54) is 10.9 Å². The largest absolute Gasteiger partial charge is 0.479 e. The zero-order valence-corrected chi connectivity index (χ0v) is 12.8. The Hall–Kier alpha value is -2.34. The van der Waals surface area contributed by atoms with Crippen molar-refractivity contribution in [1.29, 1.82) is 0 Å². The molecule has 3 rings (SSSR count). The number of hydrogen-bond donors (Lipinski definition) is 2. The van der Waals surface area contributed by atoms with Gasteiger partial charge < -0.3 is 19.7 Å². The second kappa shape index (κ2) is 6.83. The van der Waals surface area contributed by atoms with Crippen LogP contribution in [0.1, 0.15) is 18.4 Å². The summed E-state index contributed by atoms with van der Waals surface area (Å²) in [5.74, 6) is -1.01. The molecule has 6 heteroatoms. The van der Waals surface area contributed by atoms with E-state index in [2.05, 4.69) is 11.1 Å². The fourth-order valence-electron chi connectivity index (χ4n) is 2.95. The first-order valence-corrected chi connectivity index (χ1v) is 7.82. The number of para-hydroxylation sites is 1. The summed E-state index contributed by atoms with van der Waals surface area (Å²) in [6.45, 7) is 0.891. The quantitative estimate of drug-likeness (QED) is 0.881. The Labute approximate surface area is 134 Å². The highest BCUT2D eigenvalue weighted by molar-refractivity contribution is 5.83. The third-order valence-corrected chi connectivity index (χ3v) is 4.21. The molecule has 0 aliphatic carbocycles. The van der Waals surface area contributed by atoms with Gasteiger partial charge in [0.15, 0.2) is 6.10 Å². The minimum atomic E-state index is -1.01. The maximum Gasteiger partial charge on any atom is 0.334 e. The molecular weight excluding hydrogens is 296 g/mol. The van der Waals surface area contributed by atoms with Crippen LogP contribution >= 0.6 is 0 Å². The molecule has 0 saturated carbocycles. The molecule has 0 unspecified atom stereocenters. The monoisotopic (exact) mass is 316 g/mol. The zero-order valence-electron chi connectivity index (χ0n) is 12.8. The molecule has 0 bridgehead atoms. The van der Waals surface area contributed by atoms with Crippen molar-refractivity contribution in [2.75, 3.05) is 19.7 Å². The van der Waals surface area contributed by atoms with Gasteiger partial charge in [0.1, 0.15) is 0 Å². The lowest BCUT2D eigenvalue weighted by Gasteiger charge is -2.30. The summed E-state index contributed by atoms with van der Waals surface area (Å²) < 4.78 is 5.13. The van der Waals surface area contributed by atoms with Crippen LogP contribution in [0.4, 0.5) is 0 Å². The van der Waals surface area contributed by atoms with Crippen molar-refractivity contribution < 1.29 is 19.4 Å². The van der Waals surface area contributed by atoms with Crippen molar-refractivity contribution in [3.8, 4) is 0 Å². The molecule has 1 amide bonds. The predicted molar refractivity (Wildman–Crippen MR) is 85.2 cm³/mol. The summed E-state index contributed by atoms with van der Waals surface area (Å²) in [6, 6.07) is 8.10. The van der Waals surface area contributed by atoms with Crippen LogP contribution in [-0.4, -0.2) is 52.7 Å². The fourth-order valence-corrected chi connectivity index (χ4v) is 2.95. The summed E-state index contributed by atoms with van der Waals surface area (Å²) in [5.41, 5.74) is 2.31. The molecule has 2 N–H and O–H groups in total. The van der Waals surface area contributed by atoms with Gasteiger partial charge in [0.25, 0.3) is 0 Å². The minimum absolute atomic E-state index is 0.000564. The summed E-state index contributed by atoms with van der Waals surface area (Å²) in [4.78, 5) is 28.0. The molecule has 6 nitrogen and oxygen atoms in total. The number of rotatable bonds is 5. The van der Waals surface area contributed by atoms with Gasteiger partial charge in [-0.1, -0.05) is 18.2 Å². The molecular formula is C17H20N2O4. The molecule has 1 aromatic heterocycles. The number of amides is 1. The molecule has 0 spiro atoms. The molecule has 1 fully saturated rings. The van der Waals surface area contributed by atoms with Crippen LogP contribution in [-0.2, 0) is 20.7 Å². The average Bonchev–Trinajstić information content (AvgIpc) is 2.98. The van der Waals surface area contributed by atoms with Gasteiger partial charge in [-0.05, 0) is 24.5 Å². The molecule has 2 heterocycles. The van der Waals surface area contributed by atoms with Crippen LogP contribution in [0.15, 0.2) is 30.5 Å². The van der Waals surface area contributed by atoms with E-state index in [4.69, 9.17) is 9.84 Å². The normalized spacial score (nSPS) is 18.3. The molecule has 1 aliphatic heterocycles. The van der Waals surface area contributed by atoms with Crippen molar-refractivity contribution in [1.82, 2.24) is 9.88 Å². The lowest BCUT2D eigenvalue weighted by atomic mass is 10.1. The van der Waals surface area contributed by atoms with E-state index in [9.17, 15) is 9.59 Å². The van der Waals surface area contributed by atoms with Gasteiger partial charge in [0.2, 0.25) is 5.91 Å². The van der Waals surface area contributed by atoms with Crippen LogP contribution in [0.3, 0.4) is 0 Å². The van der Waals surface area contributed by atoms with E-state index in [0.29, 0.717) is 13.0 Å². The van der Waals surface area contributed by atoms with Crippen LogP contribution in [0.5, 0.6) is 0 Å². The highest BCUT2D eigenvalue weighted by Gasteiger charge is 2.28. The lowest BCUT2D eigenvalue weighted by molar-refractivity contribution is -0.159. The Bertz CT molecular complexity index is 709. The van der Waals surface area contributed by atoms with Crippen molar-refractivity contribution in [2.45, 2.75) is 25.4 Å². The Kier molecular flexibility index (Phi) is 4.62. The second-order valence-electron chi connectivity index (χ2n) is 5.75. The van der Waals surface area contributed by atoms with Gasteiger partial charge in [-0.2, -0.15) is 0 Å². The van der Waals surface area contributed by atoms with Gasteiger partial charge in [-0.15, -0.1) is 0 Å². The summed E-state index contributed by atoms with van der Waals surface area (Å²) >= 11 is 0. The number of benzene rings is 1. The Morgan fingerprint density at radius 3 is 3.00 bits per heavy atom. The summed E-state index contributed by atoms with van der Waals surface area (Å²) in [6.07, 6.45) is 3.08. The number of aliphatic carboxylic acids is 1. The molecule has 1 saturated heterocycles. The SMILES string of the molecule is O=C(O)[C@H]1CN(C(=O)CCCc2c[nH]c3ccccc23)CCO1. The number of nitrogens with one attached hydrogen (secondary N) is 1. The minimum Gasteiger partial charge on any atom is -0.479 e. The van der Waals surface area contributed by atoms with E-state index in [1.807, 2.05) is 24.4 Å². The van der Waals surface area contributed by atoms with Crippen LogP contribution in [0, 0.1) is 0 Å². The molecule has 1 aliphatic rings. The molecule has 23 heavy (non-hydrogen) atoms. The van der Waals surface area contributed by atoms with Gasteiger partial charge in [-0.3, -0.25) is 4.79 Å². The topological polar surface area (TPSA) is 82.6 Å². The molecule has 1 atom stereocenters. The lowest BCUT2D eigenvalue weighted by Crippen LogP contribution is -2.48. The Morgan fingerprint density at radius 1 is 1.35 bits per heavy atom. The predicted octanol–water partition coefficient (Wildman–Crippen LogP) is 1.80. The highest BCUT2D eigenvalue weighted by Crippen LogP contribution is 2.19. The molecule has 1 aromatic carbocycles. The van der Waals surface area contributed by atoms with E-state index >= 15 is 0 Å². The Morgan fingerprint density at radius 2 is 2.17 bits per heavy atom. The number of carbonyl (C=O) groups is 2. The number of aromatic nitrogens is 1. The van der Waals surface area contributed by atoms with Gasteiger partial charge in [-0.25, -0.2) is 4.79 Å². The number of aryl methyl sites for hydroxylation is 1. The first-order valence-electron chi connectivity index (χ1n) is 7.82. The van der Waals surface area contributed by atoms with Crippen molar-refractivity contribution in [2.24, 2.45) is 0 Å². The Balaban J connectivity index is 1.52. The third kappa shape index (κ3) is 3.53. The first-order chi connectivity index (χ1) is 11.1. The fraction of sp³-hybridized carbons (Fsp3) is 0.412. The summed E-state index contributed by atoms with van der Waals surface area (Å²) in [7, 11) is 0. The number of hydrogen-bond acceptors (Lipinski definition) is 3. The number of H-pyrrole nitrogens is 1. The molecule has 2 aromatic rings. The maximum atomic E-state index is 12.2. The number of ether oxygens (including phenoxy) is 1. The number of carboxylic acids is 1. The zero-order chi connectivity index (χ0) is 16.2. The van der Waals surface area contributed by atoms with Crippen molar-refractivity contribution in [3.63, 3.8) is 0 Å². The van der Waals surface area contributed by atoms with E-state index in [-0.39, 0.29) is 19.1 Å². The van der Waals surface area contributed by atoms with Crippen LogP contribution in [0.25, 0.3) is 10.9 Å². The number of carboxylic acid groups (broad SMARTS) is 1. The second-order valence-corrected chi connectivity index (χ2v) is 5.75. The standard InChI is InChI=1S/C17H20N2O4/c20-16(19-8-9-23-15(11-19)17(21)22)7-3-4-12-10-18-14-6-2-1-5-13(12)14/h1-2,5-6,10,15,18H,3-4,7-9,11H2,(H,21,22)/t15-/m1/s1. The van der Waals surface area contributed by atoms with E-state index in [0.717, 1.165) is 18.4 Å². The van der Waals surface area contributed by atoms with Gasteiger partial charge in [0.05, 0.1) is 13.2 Å². The highest BCUT2D eigenvalue weighted by atomic mass is 16.5. The molecule has 122 valence electrons. The van der Waals surface area contributed by atoms with Crippen molar-refractivity contribution >= 4 is 22.8 Å². The van der Waals surface area contributed by atoms with Gasteiger partial charge in [0, 0.05) is 30.1 Å². The first kappa shape index (κ1) is 15.6. The van der Waals surface area contributed by atoms with Crippen LogP contribution < -0.4 is 0 Å². The van der Waals surface area contributed by atoms with Crippen molar-refractivity contribution in [3.05, 3.63) is 36.0 Å². The number of morpholine rings is 1. The summed E-state index contributed by atoms with van der Waals surface area (Å²) in [5, 5.41) is 10.2. The third-order valence-electron chi connectivity index (χ3n) is 4.21. The smallest absolute Gasteiger partial charge is 0.334 e. The van der Waals surface area contributed by atoms with Gasteiger partial charge >= 0.3 is 5.97 Å². The number of carbonyl (C=O) groups excluding carboxylic acids is 1. The number of aromatic amines is 1. The van der Waals surface area contributed by atoms with E-state index in [1.54, 1.807) is 4.90 Å².